The van der Waals surface area contributed by atoms with Crippen molar-refractivity contribution in [3.05, 3.63) is 29.0 Å². The quantitative estimate of drug-likeness (QED) is 0.834. The number of hydrogen-bond donors (Lipinski definition) is 1. The highest BCUT2D eigenvalue weighted by Gasteiger charge is 2.04. The van der Waals surface area contributed by atoms with Gasteiger partial charge in [-0.2, -0.15) is 0 Å². The van der Waals surface area contributed by atoms with Gasteiger partial charge in [0.1, 0.15) is 0 Å². The molecule has 0 aliphatic carbocycles. The molecule has 0 aromatic carbocycles. The molecule has 1 atom stereocenters. The van der Waals surface area contributed by atoms with Crippen LogP contribution in [0.25, 0.3) is 0 Å². The minimum atomic E-state index is -0.873. The molecule has 0 radical (unpaired) electrons. The van der Waals surface area contributed by atoms with E-state index in [9.17, 15) is 4.21 Å². The third-order valence-electron chi connectivity index (χ3n) is 1.75. The fourth-order valence-corrected chi connectivity index (χ4v) is 2.51. The Morgan fingerprint density at radius 3 is 3.00 bits per heavy atom. The molecule has 0 bridgehead atoms. The number of pyridine rings is 1. The summed E-state index contributed by atoms with van der Waals surface area (Å²) in [7, 11) is -0.873. The van der Waals surface area contributed by atoms with E-state index in [-0.39, 0.29) is 0 Å². The van der Waals surface area contributed by atoms with Gasteiger partial charge in [-0.3, -0.25) is 9.19 Å². The van der Waals surface area contributed by atoms with E-state index in [1.165, 1.54) is 0 Å². The summed E-state index contributed by atoms with van der Waals surface area (Å²) in [5, 5.41) is 0.577. The molecule has 1 aromatic heterocycles. The van der Waals surface area contributed by atoms with Crippen LogP contribution in [-0.2, 0) is 16.6 Å². The van der Waals surface area contributed by atoms with Crippen LogP contribution in [0.4, 0.5) is 0 Å². The summed E-state index contributed by atoms with van der Waals surface area (Å²) >= 11 is 5.88. The van der Waals surface area contributed by atoms with Crippen LogP contribution in [0, 0.1) is 0 Å². The Balaban J connectivity index is 2.52. The summed E-state index contributed by atoms with van der Waals surface area (Å²) in [5.41, 5.74) is 6.22. The monoisotopic (exact) mass is 232 g/mol. The van der Waals surface area contributed by atoms with Crippen molar-refractivity contribution in [2.24, 2.45) is 5.73 Å². The minimum absolute atomic E-state index is 0.487. The lowest BCUT2D eigenvalue weighted by Gasteiger charge is -2.03. The standard InChI is InChI=1S/C9H13ClN2OS/c10-9-6-12-4-2-8(9)7-14(13)5-1-3-11/h2,4,6H,1,3,5,7,11H2. The van der Waals surface area contributed by atoms with Crippen molar-refractivity contribution < 1.29 is 4.21 Å². The SMILES string of the molecule is NCCCS(=O)Cc1ccncc1Cl. The molecule has 14 heavy (non-hydrogen) atoms. The number of rotatable bonds is 5. The van der Waals surface area contributed by atoms with E-state index in [1.807, 2.05) is 0 Å². The van der Waals surface area contributed by atoms with Crippen LogP contribution < -0.4 is 5.73 Å². The Bertz CT molecular complexity index is 319. The third-order valence-corrected chi connectivity index (χ3v) is 3.47. The van der Waals surface area contributed by atoms with Gasteiger partial charge in [0.15, 0.2) is 0 Å². The van der Waals surface area contributed by atoms with Crippen LogP contribution in [0.1, 0.15) is 12.0 Å². The first-order valence-electron chi connectivity index (χ1n) is 4.37. The molecule has 0 aliphatic heterocycles. The maximum Gasteiger partial charge on any atom is 0.0630 e. The summed E-state index contributed by atoms with van der Waals surface area (Å²) in [6, 6.07) is 1.79. The average molecular weight is 233 g/mol. The highest BCUT2D eigenvalue weighted by molar-refractivity contribution is 7.84. The van der Waals surface area contributed by atoms with Crippen LogP contribution >= 0.6 is 11.6 Å². The van der Waals surface area contributed by atoms with Gasteiger partial charge in [0.05, 0.1) is 10.8 Å². The molecule has 0 saturated carbocycles. The van der Waals surface area contributed by atoms with Crippen molar-refractivity contribution in [2.45, 2.75) is 12.2 Å². The van der Waals surface area contributed by atoms with Gasteiger partial charge >= 0.3 is 0 Å². The average Bonchev–Trinajstić information content (AvgIpc) is 2.18. The van der Waals surface area contributed by atoms with Gasteiger partial charge in [0.25, 0.3) is 0 Å². The minimum Gasteiger partial charge on any atom is -0.330 e. The smallest absolute Gasteiger partial charge is 0.0630 e. The molecule has 78 valence electrons. The number of nitrogens with zero attached hydrogens (tertiary/aromatic N) is 1. The number of aromatic nitrogens is 1. The third kappa shape index (κ3) is 3.74. The molecule has 1 heterocycles. The van der Waals surface area contributed by atoms with Crippen molar-refractivity contribution in [3.63, 3.8) is 0 Å². The van der Waals surface area contributed by atoms with Crippen molar-refractivity contribution in [1.29, 1.82) is 0 Å². The van der Waals surface area contributed by atoms with Gasteiger partial charge < -0.3 is 5.73 Å². The van der Waals surface area contributed by atoms with E-state index < -0.39 is 10.8 Å². The molecule has 2 N–H and O–H groups in total. The number of hydrogen-bond acceptors (Lipinski definition) is 3. The van der Waals surface area contributed by atoms with Crippen LogP contribution in [0.2, 0.25) is 5.02 Å². The Morgan fingerprint density at radius 2 is 2.36 bits per heavy atom. The van der Waals surface area contributed by atoms with Crippen molar-refractivity contribution >= 4 is 22.4 Å². The zero-order valence-corrected chi connectivity index (χ0v) is 9.35. The lowest BCUT2D eigenvalue weighted by molar-refractivity contribution is 0.680. The van der Waals surface area contributed by atoms with E-state index in [0.29, 0.717) is 23.1 Å². The fraction of sp³-hybridized carbons (Fsp3) is 0.444. The zero-order chi connectivity index (χ0) is 10.4. The predicted molar refractivity (Wildman–Crippen MR) is 59.6 cm³/mol. The zero-order valence-electron chi connectivity index (χ0n) is 7.78. The summed E-state index contributed by atoms with van der Waals surface area (Å²) in [5.74, 6) is 1.12. The van der Waals surface area contributed by atoms with E-state index in [2.05, 4.69) is 4.98 Å². The van der Waals surface area contributed by atoms with Gasteiger partial charge in [-0.25, -0.2) is 0 Å². The molecule has 0 amide bonds. The van der Waals surface area contributed by atoms with Gasteiger partial charge in [-0.05, 0) is 24.6 Å². The topological polar surface area (TPSA) is 56.0 Å². The van der Waals surface area contributed by atoms with E-state index in [4.69, 9.17) is 17.3 Å². The predicted octanol–water partition coefficient (Wildman–Crippen LogP) is 1.33. The van der Waals surface area contributed by atoms with Gasteiger partial charge in [0, 0.05) is 28.9 Å². The first-order chi connectivity index (χ1) is 6.74. The summed E-state index contributed by atoms with van der Waals surface area (Å²) in [6.45, 7) is 0.579. The normalized spacial score (nSPS) is 12.7. The van der Waals surface area contributed by atoms with E-state index in [1.54, 1.807) is 18.5 Å². The molecule has 0 spiro atoms. The highest BCUT2D eigenvalue weighted by atomic mass is 35.5. The lowest BCUT2D eigenvalue weighted by atomic mass is 10.3. The lowest BCUT2D eigenvalue weighted by Crippen LogP contribution is -2.07. The molecule has 1 rings (SSSR count). The maximum absolute atomic E-state index is 11.5. The molecule has 1 aromatic rings. The molecule has 0 saturated heterocycles. The Hall–Kier alpha value is -0.450. The molecule has 3 nitrogen and oxygen atoms in total. The Labute approximate surface area is 91.1 Å². The highest BCUT2D eigenvalue weighted by Crippen LogP contribution is 2.15. The Morgan fingerprint density at radius 1 is 1.57 bits per heavy atom. The molecule has 1 unspecified atom stereocenters. The maximum atomic E-state index is 11.5. The van der Waals surface area contributed by atoms with Gasteiger partial charge in [0.2, 0.25) is 0 Å². The summed E-state index contributed by atoms with van der Waals surface area (Å²) in [4.78, 5) is 3.86. The van der Waals surface area contributed by atoms with Crippen molar-refractivity contribution in [2.75, 3.05) is 12.3 Å². The Kier molecular flexibility index (Phi) is 5.07. The largest absolute Gasteiger partial charge is 0.330 e. The van der Waals surface area contributed by atoms with Crippen molar-refractivity contribution in [1.82, 2.24) is 4.98 Å². The summed E-state index contributed by atoms with van der Waals surface area (Å²) < 4.78 is 11.5. The molecule has 0 fully saturated rings. The fourth-order valence-electron chi connectivity index (χ4n) is 1.01. The van der Waals surface area contributed by atoms with E-state index >= 15 is 0 Å². The molecule has 5 heteroatoms. The van der Waals surface area contributed by atoms with Gasteiger partial charge in [-0.15, -0.1) is 0 Å². The van der Waals surface area contributed by atoms with Crippen LogP contribution in [0.5, 0.6) is 0 Å². The van der Waals surface area contributed by atoms with E-state index in [0.717, 1.165) is 12.0 Å². The first kappa shape index (κ1) is 11.6. The molecular weight excluding hydrogens is 220 g/mol. The second-order valence-corrected chi connectivity index (χ2v) is 4.88. The first-order valence-corrected chi connectivity index (χ1v) is 6.24. The number of halogens is 1. The van der Waals surface area contributed by atoms with Crippen molar-refractivity contribution in [3.8, 4) is 0 Å². The van der Waals surface area contributed by atoms with Crippen LogP contribution in [0.3, 0.4) is 0 Å². The van der Waals surface area contributed by atoms with Crippen LogP contribution in [0.15, 0.2) is 18.5 Å². The van der Waals surface area contributed by atoms with Crippen LogP contribution in [-0.4, -0.2) is 21.5 Å². The summed E-state index contributed by atoms with van der Waals surface area (Å²) in [6.07, 6.45) is 4.01. The van der Waals surface area contributed by atoms with Gasteiger partial charge in [-0.1, -0.05) is 11.6 Å². The second-order valence-electron chi connectivity index (χ2n) is 2.90. The molecular formula is C9H13ClN2OS. The number of nitrogens with two attached hydrogens (primary N) is 1. The molecule has 0 aliphatic rings. The second kappa shape index (κ2) is 6.11.